The van der Waals surface area contributed by atoms with Gasteiger partial charge in [0.15, 0.2) is 5.96 Å². The largest absolute Gasteiger partial charge is 0.380 e. The highest BCUT2D eigenvalue weighted by Crippen LogP contribution is 2.00. The van der Waals surface area contributed by atoms with Crippen molar-refractivity contribution in [2.24, 2.45) is 10.9 Å². The van der Waals surface area contributed by atoms with E-state index in [9.17, 15) is 0 Å². The minimum atomic E-state index is 0.442. The van der Waals surface area contributed by atoms with Gasteiger partial charge in [-0.2, -0.15) is 5.10 Å². The van der Waals surface area contributed by atoms with Crippen LogP contribution in [0.2, 0.25) is 0 Å². The summed E-state index contributed by atoms with van der Waals surface area (Å²) in [5, 5.41) is 10.7. The molecule has 1 unspecified atom stereocenters. The molecule has 0 aliphatic carbocycles. The molecule has 1 aromatic heterocycles. The first kappa shape index (κ1) is 16.5. The molecule has 6 heteroatoms. The highest BCUT2D eigenvalue weighted by molar-refractivity contribution is 5.79. The molecule has 0 radical (unpaired) electrons. The lowest BCUT2D eigenvalue weighted by Gasteiger charge is -2.13. The summed E-state index contributed by atoms with van der Waals surface area (Å²) < 4.78 is 7.24. The van der Waals surface area contributed by atoms with Crippen LogP contribution in [0.4, 0.5) is 0 Å². The van der Waals surface area contributed by atoms with E-state index in [0.29, 0.717) is 12.5 Å². The van der Waals surface area contributed by atoms with Gasteiger partial charge in [0, 0.05) is 45.2 Å². The molecule has 1 rings (SSSR count). The molecule has 0 saturated heterocycles. The van der Waals surface area contributed by atoms with E-state index in [0.717, 1.165) is 38.7 Å². The topological polar surface area (TPSA) is 63.5 Å². The number of rotatable bonds is 9. The van der Waals surface area contributed by atoms with Crippen molar-refractivity contribution in [1.82, 2.24) is 20.4 Å². The van der Waals surface area contributed by atoms with Gasteiger partial charge in [-0.3, -0.25) is 9.67 Å². The summed E-state index contributed by atoms with van der Waals surface area (Å²) in [6.45, 7) is 11.0. The van der Waals surface area contributed by atoms with Crippen molar-refractivity contribution in [2.45, 2.75) is 27.3 Å². The summed E-state index contributed by atoms with van der Waals surface area (Å²) in [5.74, 6) is 1.29. The molecule has 1 atom stereocenters. The molecule has 1 heterocycles. The number of nitrogens with zero attached hydrogens (tertiary/aromatic N) is 3. The van der Waals surface area contributed by atoms with Crippen molar-refractivity contribution in [3.05, 3.63) is 18.5 Å². The molecule has 1 aromatic rings. The van der Waals surface area contributed by atoms with Crippen molar-refractivity contribution >= 4 is 5.96 Å². The van der Waals surface area contributed by atoms with E-state index in [-0.39, 0.29) is 0 Å². The summed E-state index contributed by atoms with van der Waals surface area (Å²) >= 11 is 0. The molecule has 0 aromatic carbocycles. The van der Waals surface area contributed by atoms with Crippen LogP contribution in [0.5, 0.6) is 0 Å². The quantitative estimate of drug-likeness (QED) is 0.404. The third-order valence-electron chi connectivity index (χ3n) is 2.71. The zero-order valence-corrected chi connectivity index (χ0v) is 12.8. The minimum Gasteiger partial charge on any atom is -0.380 e. The summed E-state index contributed by atoms with van der Waals surface area (Å²) in [6.07, 6.45) is 3.78. The van der Waals surface area contributed by atoms with Gasteiger partial charge in [-0.25, -0.2) is 0 Å². The summed E-state index contributed by atoms with van der Waals surface area (Å²) in [4.78, 5) is 4.59. The molecule has 0 bridgehead atoms. The fraction of sp³-hybridized carbons (Fsp3) is 0.714. The fourth-order valence-corrected chi connectivity index (χ4v) is 1.76. The Morgan fingerprint density at radius 1 is 1.40 bits per heavy atom. The average molecular weight is 281 g/mol. The lowest BCUT2D eigenvalue weighted by Crippen LogP contribution is -2.39. The lowest BCUT2D eigenvalue weighted by atomic mass is 10.2. The molecule has 2 N–H and O–H groups in total. The molecule has 0 saturated carbocycles. The Bertz CT molecular complexity index is 364. The monoisotopic (exact) mass is 281 g/mol. The third-order valence-corrected chi connectivity index (χ3v) is 2.71. The van der Waals surface area contributed by atoms with Crippen LogP contribution >= 0.6 is 0 Å². The molecule has 0 aliphatic rings. The normalized spacial score (nSPS) is 13.2. The van der Waals surface area contributed by atoms with E-state index >= 15 is 0 Å². The van der Waals surface area contributed by atoms with Crippen LogP contribution < -0.4 is 10.6 Å². The number of ether oxygens (including phenoxy) is 1. The molecule has 0 aliphatic heterocycles. The van der Waals surface area contributed by atoms with E-state index in [1.807, 2.05) is 23.9 Å². The Hall–Kier alpha value is -1.56. The van der Waals surface area contributed by atoms with Crippen LogP contribution in [0, 0.1) is 5.92 Å². The van der Waals surface area contributed by atoms with Gasteiger partial charge < -0.3 is 15.4 Å². The minimum absolute atomic E-state index is 0.442. The number of aromatic nitrogens is 2. The Balaban J connectivity index is 2.32. The lowest BCUT2D eigenvalue weighted by molar-refractivity contribution is 0.152. The maximum Gasteiger partial charge on any atom is 0.191 e. The Labute approximate surface area is 121 Å². The first-order valence-corrected chi connectivity index (χ1v) is 7.33. The van der Waals surface area contributed by atoms with E-state index in [1.54, 1.807) is 6.20 Å². The average Bonchev–Trinajstić information content (AvgIpc) is 2.93. The maximum atomic E-state index is 5.30. The van der Waals surface area contributed by atoms with Gasteiger partial charge in [0.05, 0.1) is 6.61 Å². The van der Waals surface area contributed by atoms with Gasteiger partial charge in [-0.1, -0.05) is 6.92 Å². The van der Waals surface area contributed by atoms with Crippen molar-refractivity contribution in [2.75, 3.05) is 32.8 Å². The smallest absolute Gasteiger partial charge is 0.191 e. The second-order valence-electron chi connectivity index (χ2n) is 4.68. The summed E-state index contributed by atoms with van der Waals surface area (Å²) in [5.41, 5.74) is 0. The molecular weight excluding hydrogens is 254 g/mol. The zero-order chi connectivity index (χ0) is 14.6. The van der Waals surface area contributed by atoms with Crippen LogP contribution in [0.1, 0.15) is 20.8 Å². The zero-order valence-electron chi connectivity index (χ0n) is 12.8. The Morgan fingerprint density at radius 3 is 2.90 bits per heavy atom. The van der Waals surface area contributed by atoms with Crippen LogP contribution in [0.25, 0.3) is 0 Å². The van der Waals surface area contributed by atoms with Crippen molar-refractivity contribution in [3.63, 3.8) is 0 Å². The molecule has 6 nitrogen and oxygen atoms in total. The number of hydrogen-bond acceptors (Lipinski definition) is 3. The molecular formula is C14H27N5O. The van der Waals surface area contributed by atoms with E-state index in [4.69, 9.17) is 4.74 Å². The molecule has 0 amide bonds. The van der Waals surface area contributed by atoms with E-state index in [2.05, 4.69) is 34.6 Å². The molecule has 114 valence electrons. The number of hydrogen-bond donors (Lipinski definition) is 2. The van der Waals surface area contributed by atoms with Gasteiger partial charge in [0.2, 0.25) is 0 Å². The molecule has 0 spiro atoms. The summed E-state index contributed by atoms with van der Waals surface area (Å²) in [6, 6.07) is 1.94. The van der Waals surface area contributed by atoms with E-state index < -0.39 is 0 Å². The molecule has 20 heavy (non-hydrogen) atoms. The fourth-order valence-electron chi connectivity index (χ4n) is 1.76. The number of nitrogens with one attached hydrogen (secondary N) is 2. The molecule has 0 fully saturated rings. The van der Waals surface area contributed by atoms with Crippen molar-refractivity contribution < 1.29 is 4.74 Å². The van der Waals surface area contributed by atoms with E-state index in [1.165, 1.54) is 0 Å². The highest BCUT2D eigenvalue weighted by Gasteiger charge is 2.04. The summed E-state index contributed by atoms with van der Waals surface area (Å²) in [7, 11) is 0. The van der Waals surface area contributed by atoms with Gasteiger partial charge in [-0.05, 0) is 25.8 Å². The van der Waals surface area contributed by atoms with Gasteiger partial charge in [0.1, 0.15) is 0 Å². The predicted molar refractivity (Wildman–Crippen MR) is 81.9 cm³/mol. The number of guanidine groups is 1. The van der Waals surface area contributed by atoms with Gasteiger partial charge >= 0.3 is 0 Å². The van der Waals surface area contributed by atoms with Crippen molar-refractivity contribution in [3.8, 4) is 0 Å². The standard InChI is InChI=1S/C14H27N5O/c1-4-15-14(16-8-10-20-5-2)17-11-13(3)12-19-9-6-7-18-19/h6-7,9,13H,4-5,8,10-12H2,1-3H3,(H2,15,16,17). The highest BCUT2D eigenvalue weighted by atomic mass is 16.5. The Morgan fingerprint density at radius 2 is 2.25 bits per heavy atom. The third kappa shape index (κ3) is 7.13. The first-order chi connectivity index (χ1) is 9.76. The van der Waals surface area contributed by atoms with Crippen LogP contribution in [0.15, 0.2) is 23.5 Å². The second kappa shape index (κ2) is 10.3. The Kier molecular flexibility index (Phi) is 8.46. The number of aliphatic imine (C=N–C) groups is 1. The predicted octanol–water partition coefficient (Wildman–Crippen LogP) is 1.11. The van der Waals surface area contributed by atoms with Crippen LogP contribution in [0.3, 0.4) is 0 Å². The SMILES string of the molecule is CCNC(=NCC(C)Cn1cccn1)NCCOCC. The van der Waals surface area contributed by atoms with Gasteiger partial charge in [0.25, 0.3) is 0 Å². The van der Waals surface area contributed by atoms with Crippen LogP contribution in [-0.2, 0) is 11.3 Å². The first-order valence-electron chi connectivity index (χ1n) is 7.33. The maximum absolute atomic E-state index is 5.30. The van der Waals surface area contributed by atoms with Crippen molar-refractivity contribution in [1.29, 1.82) is 0 Å². The van der Waals surface area contributed by atoms with Gasteiger partial charge in [-0.15, -0.1) is 0 Å². The second-order valence-corrected chi connectivity index (χ2v) is 4.68. The van der Waals surface area contributed by atoms with Crippen LogP contribution in [-0.4, -0.2) is 48.6 Å².